The summed E-state index contributed by atoms with van der Waals surface area (Å²) in [5.74, 6) is 1.24. The Kier molecular flexibility index (Phi) is 3.90. The number of carbonyl (C=O) groups is 1. The highest BCUT2D eigenvalue weighted by Crippen LogP contribution is 2.29. The quantitative estimate of drug-likeness (QED) is 0.888. The van der Waals surface area contributed by atoms with Crippen LogP contribution in [-0.2, 0) is 4.79 Å². The first-order valence-electron chi connectivity index (χ1n) is 6.56. The van der Waals surface area contributed by atoms with Gasteiger partial charge in [0.05, 0.1) is 13.2 Å². The summed E-state index contributed by atoms with van der Waals surface area (Å²) in [4.78, 5) is 11.9. The van der Waals surface area contributed by atoms with Crippen LogP contribution in [0.2, 0.25) is 0 Å². The number of carbonyl (C=O) groups excluding carboxylic acids is 1. The number of ether oxygens (including phenoxy) is 1. The Labute approximate surface area is 109 Å². The van der Waals surface area contributed by atoms with Gasteiger partial charge in [0, 0.05) is 11.5 Å². The molecule has 0 bridgehead atoms. The SMILES string of the molecule is COc1ccc(C)cc1C(C)NC(=O)C1CCC1. The number of hydrogen-bond acceptors (Lipinski definition) is 2. The van der Waals surface area contributed by atoms with E-state index in [0.29, 0.717) is 0 Å². The van der Waals surface area contributed by atoms with Crippen molar-refractivity contribution in [2.45, 2.75) is 39.2 Å². The van der Waals surface area contributed by atoms with Crippen molar-refractivity contribution in [3.8, 4) is 5.75 Å². The molecule has 3 nitrogen and oxygen atoms in total. The molecule has 0 aromatic heterocycles. The second-order valence-electron chi connectivity index (χ2n) is 5.10. The zero-order valence-corrected chi connectivity index (χ0v) is 11.3. The highest BCUT2D eigenvalue weighted by atomic mass is 16.5. The Hall–Kier alpha value is -1.51. The monoisotopic (exact) mass is 247 g/mol. The van der Waals surface area contributed by atoms with Crippen LogP contribution in [0, 0.1) is 12.8 Å². The number of amides is 1. The molecule has 1 aromatic rings. The number of rotatable bonds is 4. The maximum absolute atomic E-state index is 11.9. The molecule has 2 rings (SSSR count). The fourth-order valence-corrected chi connectivity index (χ4v) is 2.27. The normalized spacial score (nSPS) is 16.8. The van der Waals surface area contributed by atoms with Crippen LogP contribution in [-0.4, -0.2) is 13.0 Å². The Morgan fingerprint density at radius 3 is 2.72 bits per heavy atom. The van der Waals surface area contributed by atoms with Gasteiger partial charge in [-0.2, -0.15) is 0 Å². The van der Waals surface area contributed by atoms with E-state index in [1.54, 1.807) is 7.11 Å². The van der Waals surface area contributed by atoms with Crippen molar-refractivity contribution in [2.24, 2.45) is 5.92 Å². The molecule has 0 spiro atoms. The van der Waals surface area contributed by atoms with Crippen molar-refractivity contribution >= 4 is 5.91 Å². The predicted octanol–water partition coefficient (Wildman–Crippen LogP) is 2.98. The zero-order valence-electron chi connectivity index (χ0n) is 11.3. The van der Waals surface area contributed by atoms with Crippen molar-refractivity contribution in [2.75, 3.05) is 7.11 Å². The largest absolute Gasteiger partial charge is 0.496 e. The topological polar surface area (TPSA) is 38.3 Å². The third-order valence-electron chi connectivity index (χ3n) is 3.69. The molecular formula is C15H21NO2. The number of hydrogen-bond donors (Lipinski definition) is 1. The molecule has 0 heterocycles. The average Bonchev–Trinajstić information content (AvgIpc) is 2.26. The number of benzene rings is 1. The lowest BCUT2D eigenvalue weighted by atomic mass is 9.84. The minimum absolute atomic E-state index is 0.00653. The third kappa shape index (κ3) is 2.66. The van der Waals surface area contributed by atoms with Crippen LogP contribution in [0.25, 0.3) is 0 Å². The van der Waals surface area contributed by atoms with E-state index in [1.165, 1.54) is 12.0 Å². The lowest BCUT2D eigenvalue weighted by Crippen LogP contribution is -2.36. The smallest absolute Gasteiger partial charge is 0.223 e. The van der Waals surface area contributed by atoms with Crippen molar-refractivity contribution in [1.82, 2.24) is 5.32 Å². The van der Waals surface area contributed by atoms with E-state index < -0.39 is 0 Å². The molecule has 98 valence electrons. The minimum Gasteiger partial charge on any atom is -0.496 e. The Morgan fingerprint density at radius 1 is 1.44 bits per heavy atom. The van der Waals surface area contributed by atoms with Gasteiger partial charge >= 0.3 is 0 Å². The molecule has 1 aromatic carbocycles. The van der Waals surface area contributed by atoms with Gasteiger partial charge in [0.15, 0.2) is 0 Å². The summed E-state index contributed by atoms with van der Waals surface area (Å²) in [6.07, 6.45) is 3.24. The van der Waals surface area contributed by atoms with Gasteiger partial charge < -0.3 is 10.1 Å². The molecule has 0 saturated heterocycles. The summed E-state index contributed by atoms with van der Waals surface area (Å²) in [5, 5.41) is 3.08. The first-order valence-corrected chi connectivity index (χ1v) is 6.56. The molecule has 1 unspecified atom stereocenters. The van der Waals surface area contributed by atoms with Crippen molar-refractivity contribution < 1.29 is 9.53 Å². The maximum atomic E-state index is 11.9. The fourth-order valence-electron chi connectivity index (χ4n) is 2.27. The van der Waals surface area contributed by atoms with Gasteiger partial charge in [-0.1, -0.05) is 24.1 Å². The van der Waals surface area contributed by atoms with Crippen LogP contribution in [0.15, 0.2) is 18.2 Å². The standard InChI is InChI=1S/C15H21NO2/c1-10-7-8-14(18-3)13(9-10)11(2)16-15(17)12-5-4-6-12/h7-9,11-12H,4-6H2,1-3H3,(H,16,17). The van der Waals surface area contributed by atoms with Gasteiger partial charge in [-0.3, -0.25) is 4.79 Å². The maximum Gasteiger partial charge on any atom is 0.223 e. The van der Waals surface area contributed by atoms with Crippen LogP contribution in [0.4, 0.5) is 0 Å². The van der Waals surface area contributed by atoms with Gasteiger partial charge in [-0.15, -0.1) is 0 Å². The van der Waals surface area contributed by atoms with E-state index in [0.717, 1.165) is 24.2 Å². The molecule has 1 atom stereocenters. The summed E-state index contributed by atoms with van der Waals surface area (Å²) in [6.45, 7) is 4.05. The lowest BCUT2D eigenvalue weighted by Gasteiger charge is -2.26. The molecule has 1 N–H and O–H groups in total. The molecule has 0 radical (unpaired) electrons. The lowest BCUT2D eigenvalue weighted by molar-refractivity contribution is -0.128. The van der Waals surface area contributed by atoms with Gasteiger partial charge in [-0.25, -0.2) is 0 Å². The average molecular weight is 247 g/mol. The van der Waals surface area contributed by atoms with Crippen LogP contribution in [0.5, 0.6) is 5.75 Å². The molecule has 3 heteroatoms. The number of nitrogens with one attached hydrogen (secondary N) is 1. The van der Waals surface area contributed by atoms with Gasteiger partial charge in [0.2, 0.25) is 5.91 Å². The Morgan fingerprint density at radius 2 is 2.17 bits per heavy atom. The van der Waals surface area contributed by atoms with E-state index in [-0.39, 0.29) is 17.9 Å². The van der Waals surface area contributed by atoms with E-state index in [4.69, 9.17) is 4.74 Å². The zero-order chi connectivity index (χ0) is 13.1. The van der Waals surface area contributed by atoms with Crippen molar-refractivity contribution in [1.29, 1.82) is 0 Å². The van der Waals surface area contributed by atoms with Crippen molar-refractivity contribution in [3.63, 3.8) is 0 Å². The Bertz CT molecular complexity index is 438. The number of methoxy groups -OCH3 is 1. The summed E-state index contributed by atoms with van der Waals surface area (Å²) in [5.41, 5.74) is 2.22. The molecule has 1 fully saturated rings. The van der Waals surface area contributed by atoms with E-state index in [9.17, 15) is 4.79 Å². The molecule has 1 amide bonds. The fraction of sp³-hybridized carbons (Fsp3) is 0.533. The highest BCUT2D eigenvalue weighted by molar-refractivity contribution is 5.79. The third-order valence-corrected chi connectivity index (χ3v) is 3.69. The molecular weight excluding hydrogens is 226 g/mol. The summed E-state index contributed by atoms with van der Waals surface area (Å²) in [7, 11) is 1.66. The van der Waals surface area contributed by atoms with Gasteiger partial charge in [0.25, 0.3) is 0 Å². The van der Waals surface area contributed by atoms with Crippen LogP contribution >= 0.6 is 0 Å². The van der Waals surface area contributed by atoms with Crippen molar-refractivity contribution in [3.05, 3.63) is 29.3 Å². The summed E-state index contributed by atoms with van der Waals surface area (Å²) >= 11 is 0. The molecule has 1 saturated carbocycles. The highest BCUT2D eigenvalue weighted by Gasteiger charge is 2.26. The minimum atomic E-state index is -0.00653. The van der Waals surface area contributed by atoms with E-state index >= 15 is 0 Å². The van der Waals surface area contributed by atoms with Crippen LogP contribution < -0.4 is 10.1 Å². The first-order chi connectivity index (χ1) is 8.61. The molecule has 1 aliphatic rings. The molecule has 18 heavy (non-hydrogen) atoms. The van der Waals surface area contributed by atoms with Gasteiger partial charge in [-0.05, 0) is 32.8 Å². The number of aryl methyl sites for hydroxylation is 1. The second-order valence-corrected chi connectivity index (χ2v) is 5.10. The van der Waals surface area contributed by atoms with Crippen LogP contribution in [0.1, 0.15) is 43.4 Å². The first kappa shape index (κ1) is 12.9. The van der Waals surface area contributed by atoms with E-state index in [1.807, 2.05) is 26.0 Å². The Balaban J connectivity index is 2.09. The van der Waals surface area contributed by atoms with E-state index in [2.05, 4.69) is 11.4 Å². The van der Waals surface area contributed by atoms with Crippen LogP contribution in [0.3, 0.4) is 0 Å². The summed E-state index contributed by atoms with van der Waals surface area (Å²) < 4.78 is 5.35. The van der Waals surface area contributed by atoms with Gasteiger partial charge in [0.1, 0.15) is 5.75 Å². The molecule has 0 aliphatic heterocycles. The molecule has 1 aliphatic carbocycles. The second kappa shape index (κ2) is 5.42. The predicted molar refractivity (Wildman–Crippen MR) is 71.6 cm³/mol. The summed E-state index contributed by atoms with van der Waals surface area (Å²) in [6, 6.07) is 6.04.